The van der Waals surface area contributed by atoms with Crippen LogP contribution in [0, 0.1) is 23.7 Å². The molecule has 1 aromatic heterocycles. The van der Waals surface area contributed by atoms with E-state index in [4.69, 9.17) is 0 Å². The van der Waals surface area contributed by atoms with Gasteiger partial charge in [-0.05, 0) is 153 Å². The zero-order valence-electron chi connectivity index (χ0n) is 36.0. The number of anilines is 3. The molecule has 4 unspecified atom stereocenters. The number of hydrogen-bond acceptors (Lipinski definition) is 2. The van der Waals surface area contributed by atoms with Gasteiger partial charge in [0.15, 0.2) is 0 Å². The van der Waals surface area contributed by atoms with E-state index >= 15 is 0 Å². The first-order chi connectivity index (χ1) is 29.6. The van der Waals surface area contributed by atoms with E-state index in [2.05, 4.69) is 191 Å². The second-order valence-electron chi connectivity index (χ2n) is 20.6. The molecule has 7 aromatic carbocycles. The highest BCUT2D eigenvalue weighted by Crippen LogP contribution is 2.75. The summed E-state index contributed by atoms with van der Waals surface area (Å²) in [4.78, 5) is 2.62. The average molecular weight is 808 g/mol. The summed E-state index contributed by atoms with van der Waals surface area (Å²) in [6.07, 6.45) is 5.45. The Morgan fingerprint density at radius 2 is 1.11 bits per heavy atom. The van der Waals surface area contributed by atoms with Crippen molar-refractivity contribution in [1.29, 1.82) is 0 Å². The molecule has 2 heteroatoms. The van der Waals surface area contributed by atoms with Crippen LogP contribution in [0.15, 0.2) is 152 Å². The summed E-state index contributed by atoms with van der Waals surface area (Å²) in [5, 5.41) is 2.69. The Balaban J connectivity index is 1.05. The zero-order valence-corrected chi connectivity index (χ0v) is 36.8. The van der Waals surface area contributed by atoms with Crippen molar-refractivity contribution in [2.75, 3.05) is 4.90 Å². The number of thiophene rings is 1. The van der Waals surface area contributed by atoms with Gasteiger partial charge in [0.25, 0.3) is 0 Å². The first-order valence-electron chi connectivity index (χ1n) is 22.9. The summed E-state index contributed by atoms with van der Waals surface area (Å²) in [6, 6.07) is 59.0. The van der Waals surface area contributed by atoms with Gasteiger partial charge in [0.05, 0.1) is 0 Å². The minimum absolute atomic E-state index is 0.0966. The lowest BCUT2D eigenvalue weighted by atomic mass is 9.53. The van der Waals surface area contributed by atoms with Gasteiger partial charge in [-0.3, -0.25) is 0 Å². The summed E-state index contributed by atoms with van der Waals surface area (Å²) >= 11 is 1.92. The molecule has 1 nitrogen and oxygen atoms in total. The minimum Gasteiger partial charge on any atom is -0.310 e. The molecule has 1 spiro atoms. The van der Waals surface area contributed by atoms with Gasteiger partial charge in [-0.2, -0.15) is 0 Å². The summed E-state index contributed by atoms with van der Waals surface area (Å²) in [7, 11) is 0. The van der Waals surface area contributed by atoms with Crippen molar-refractivity contribution >= 4 is 48.6 Å². The molecule has 8 aromatic rings. The fraction of sp³-hybridized carbons (Fsp3) is 0.288. The molecule has 5 aliphatic carbocycles. The monoisotopic (exact) mass is 807 g/mol. The standard InChI is InChI=1S/C59H53NS/c1-35-28-38-30-37-31-39(29-35)59(38)53-34-42(25-27-51(53)57(2,3)50-22-10-7-18-48(50)55(37)59)60(41-24-26-45-44-16-6-9-21-49(44)58(4,5)52(45)33-41)40-15-12-14-36(32-40)43-19-13-20-47-46-17-8-11-23-54(46)61-56(43)47/h6-27,32-35,37-39,55H,28-31H2,1-5H3/t35?,37?,38-,39+,55?,59?. The third-order valence-electron chi connectivity index (χ3n) is 16.9. The lowest BCUT2D eigenvalue weighted by Crippen LogP contribution is -2.46. The quantitative estimate of drug-likeness (QED) is 0.171. The first-order valence-corrected chi connectivity index (χ1v) is 23.8. The van der Waals surface area contributed by atoms with Crippen LogP contribution < -0.4 is 4.90 Å². The van der Waals surface area contributed by atoms with Crippen LogP contribution in [0.25, 0.3) is 42.4 Å². The molecule has 13 rings (SSSR count). The van der Waals surface area contributed by atoms with Crippen LogP contribution in [-0.2, 0) is 16.2 Å². The average Bonchev–Trinajstić information content (AvgIpc) is 3.97. The molecule has 2 bridgehead atoms. The second kappa shape index (κ2) is 12.6. The Morgan fingerprint density at radius 1 is 0.492 bits per heavy atom. The largest absolute Gasteiger partial charge is 0.310 e. The van der Waals surface area contributed by atoms with Crippen molar-refractivity contribution in [1.82, 2.24) is 0 Å². The predicted molar refractivity (Wildman–Crippen MR) is 258 cm³/mol. The summed E-state index contributed by atoms with van der Waals surface area (Å²) < 4.78 is 2.71. The Kier molecular flexibility index (Phi) is 7.47. The highest BCUT2D eigenvalue weighted by Gasteiger charge is 2.68. The highest BCUT2D eigenvalue weighted by atomic mass is 32.1. The smallest absolute Gasteiger partial charge is 0.0467 e. The van der Waals surface area contributed by atoms with E-state index in [0.29, 0.717) is 5.92 Å². The van der Waals surface area contributed by atoms with Gasteiger partial charge >= 0.3 is 0 Å². The lowest BCUT2D eigenvalue weighted by Gasteiger charge is -2.51. The van der Waals surface area contributed by atoms with E-state index in [-0.39, 0.29) is 16.2 Å². The summed E-state index contributed by atoms with van der Waals surface area (Å²) in [5.74, 6) is 3.58. The molecule has 0 radical (unpaired) electrons. The van der Waals surface area contributed by atoms with Crippen LogP contribution in [0.2, 0.25) is 0 Å². The van der Waals surface area contributed by atoms with Crippen molar-refractivity contribution in [2.24, 2.45) is 23.7 Å². The number of nitrogens with zero attached hydrogens (tertiary/aromatic N) is 1. The zero-order chi connectivity index (χ0) is 41.0. The van der Waals surface area contributed by atoms with Gasteiger partial charge in [-0.15, -0.1) is 11.3 Å². The van der Waals surface area contributed by atoms with Gasteiger partial charge in [-0.25, -0.2) is 0 Å². The molecule has 0 N–H and O–H groups in total. The maximum Gasteiger partial charge on any atom is 0.0467 e. The van der Waals surface area contributed by atoms with E-state index in [0.717, 1.165) is 23.7 Å². The third-order valence-corrected chi connectivity index (χ3v) is 18.1. The van der Waals surface area contributed by atoms with Crippen LogP contribution in [0.5, 0.6) is 0 Å². The Morgan fingerprint density at radius 3 is 1.95 bits per heavy atom. The Labute approximate surface area is 365 Å². The highest BCUT2D eigenvalue weighted by molar-refractivity contribution is 7.26. The molecular formula is C59H53NS. The van der Waals surface area contributed by atoms with Gasteiger partial charge in [-0.1, -0.05) is 144 Å². The molecule has 300 valence electrons. The molecular weight excluding hydrogens is 755 g/mol. The normalized spacial score (nSPS) is 25.7. The molecule has 0 saturated heterocycles. The van der Waals surface area contributed by atoms with Gasteiger partial charge in [0, 0.05) is 53.5 Å². The van der Waals surface area contributed by atoms with Crippen molar-refractivity contribution in [3.05, 3.63) is 185 Å². The topological polar surface area (TPSA) is 3.24 Å². The number of rotatable bonds is 4. The molecule has 3 saturated carbocycles. The maximum atomic E-state index is 2.73. The van der Waals surface area contributed by atoms with E-state index in [1.165, 1.54) is 96.3 Å². The molecule has 3 fully saturated rings. The van der Waals surface area contributed by atoms with Crippen molar-refractivity contribution < 1.29 is 0 Å². The number of fused-ring (bicyclic) bond motifs is 8. The fourth-order valence-corrected chi connectivity index (χ4v) is 15.9. The fourth-order valence-electron chi connectivity index (χ4n) is 14.6. The van der Waals surface area contributed by atoms with E-state index in [1.807, 2.05) is 11.3 Å². The van der Waals surface area contributed by atoms with E-state index in [1.54, 1.807) is 22.3 Å². The van der Waals surface area contributed by atoms with Crippen LogP contribution in [-0.4, -0.2) is 0 Å². The number of hydrogen-bond donors (Lipinski definition) is 0. The van der Waals surface area contributed by atoms with Crippen molar-refractivity contribution in [2.45, 2.75) is 82.5 Å². The SMILES string of the molecule is CC1C[C@@H]2CC3C[C@H](C1)C21c2cc(N(c4cccc(-c5cccc6c5sc5ccccc56)c4)c4ccc5c(c4)C(C)(C)c4ccccc4-5)ccc2C(C)(C)c2ccccc2C31. The lowest BCUT2D eigenvalue weighted by molar-refractivity contribution is 0.0822. The van der Waals surface area contributed by atoms with Crippen molar-refractivity contribution in [3.63, 3.8) is 0 Å². The van der Waals surface area contributed by atoms with Gasteiger partial charge < -0.3 is 4.90 Å². The molecule has 61 heavy (non-hydrogen) atoms. The predicted octanol–water partition coefficient (Wildman–Crippen LogP) is 16.2. The Bertz CT molecular complexity index is 3110. The van der Waals surface area contributed by atoms with E-state index < -0.39 is 0 Å². The third kappa shape index (κ3) is 4.78. The molecule has 1 heterocycles. The van der Waals surface area contributed by atoms with Crippen LogP contribution >= 0.6 is 11.3 Å². The summed E-state index contributed by atoms with van der Waals surface area (Å²) in [6.45, 7) is 12.4. The van der Waals surface area contributed by atoms with Crippen LogP contribution in [0.1, 0.15) is 99.6 Å². The Hall–Kier alpha value is -5.44. The van der Waals surface area contributed by atoms with Gasteiger partial charge in [0.2, 0.25) is 0 Å². The molecule has 5 aliphatic rings. The van der Waals surface area contributed by atoms with Gasteiger partial charge in [0.1, 0.15) is 0 Å². The van der Waals surface area contributed by atoms with Crippen LogP contribution in [0.4, 0.5) is 17.1 Å². The number of benzene rings is 7. The van der Waals surface area contributed by atoms with Crippen LogP contribution in [0.3, 0.4) is 0 Å². The minimum atomic E-state index is -0.0983. The molecule has 0 amide bonds. The molecule has 0 aliphatic heterocycles. The van der Waals surface area contributed by atoms with Crippen molar-refractivity contribution in [3.8, 4) is 22.3 Å². The first kappa shape index (κ1) is 36.2. The second-order valence-corrected chi connectivity index (χ2v) is 21.7. The summed E-state index contributed by atoms with van der Waals surface area (Å²) in [5.41, 5.74) is 18.2. The van der Waals surface area contributed by atoms with E-state index in [9.17, 15) is 0 Å². The molecule has 6 atom stereocenters. The maximum absolute atomic E-state index is 2.73.